The van der Waals surface area contributed by atoms with Crippen LogP contribution in [0.2, 0.25) is 0 Å². The van der Waals surface area contributed by atoms with Gasteiger partial charge in [0.2, 0.25) is 0 Å². The van der Waals surface area contributed by atoms with E-state index in [1.54, 1.807) is 0 Å². The van der Waals surface area contributed by atoms with Crippen LogP contribution in [0.15, 0.2) is 29.2 Å². The maximum Gasteiger partial charge on any atom is 0.335 e. The minimum atomic E-state index is -1.01. The largest absolute Gasteiger partial charge is 0.478 e. The van der Waals surface area contributed by atoms with Crippen LogP contribution < -0.4 is 5.56 Å². The topological polar surface area (TPSA) is 83.0 Å². The molecule has 5 heteroatoms. The Bertz CT molecular complexity index is 559. The van der Waals surface area contributed by atoms with Crippen molar-refractivity contribution in [2.24, 2.45) is 0 Å². The van der Waals surface area contributed by atoms with E-state index >= 15 is 0 Å². The standard InChI is InChI=1S/C9H6N2O3/c12-8-4-10-7-3-5(9(13)14)1-2-6(7)11-8/h1-4H,(H,11,12)(H,13,14). The number of carboxylic acid groups (broad SMARTS) is 1. The molecule has 1 aromatic carbocycles. The first kappa shape index (κ1) is 8.43. The number of rotatable bonds is 1. The molecule has 0 aliphatic carbocycles. The molecule has 1 heterocycles. The van der Waals surface area contributed by atoms with Gasteiger partial charge in [-0.3, -0.25) is 4.79 Å². The number of H-pyrrole nitrogens is 1. The highest BCUT2D eigenvalue weighted by atomic mass is 16.4. The van der Waals surface area contributed by atoms with Gasteiger partial charge in [-0.25, -0.2) is 9.78 Å². The summed E-state index contributed by atoms with van der Waals surface area (Å²) in [5.41, 5.74) is 0.838. The van der Waals surface area contributed by atoms with E-state index in [0.29, 0.717) is 11.0 Å². The number of aromatic carboxylic acids is 1. The first-order chi connectivity index (χ1) is 6.66. The zero-order valence-electron chi connectivity index (χ0n) is 7.02. The summed E-state index contributed by atoms with van der Waals surface area (Å²) in [7, 11) is 0. The number of carbonyl (C=O) groups is 1. The zero-order valence-corrected chi connectivity index (χ0v) is 7.02. The molecule has 5 nitrogen and oxygen atoms in total. The van der Waals surface area contributed by atoms with Gasteiger partial charge in [0.05, 0.1) is 22.8 Å². The molecule has 1 aromatic heterocycles. The minimum Gasteiger partial charge on any atom is -0.478 e. The van der Waals surface area contributed by atoms with E-state index in [0.717, 1.165) is 6.20 Å². The second-order valence-electron chi connectivity index (χ2n) is 2.78. The molecular weight excluding hydrogens is 184 g/mol. The van der Waals surface area contributed by atoms with Crippen molar-refractivity contribution in [3.05, 3.63) is 40.3 Å². The number of nitrogens with zero attached hydrogens (tertiary/aromatic N) is 1. The Kier molecular flexibility index (Phi) is 1.78. The average Bonchev–Trinajstić information content (AvgIpc) is 2.16. The number of hydrogen-bond acceptors (Lipinski definition) is 3. The van der Waals surface area contributed by atoms with Crippen molar-refractivity contribution in [3.63, 3.8) is 0 Å². The van der Waals surface area contributed by atoms with E-state index in [1.165, 1.54) is 18.2 Å². The van der Waals surface area contributed by atoms with E-state index in [2.05, 4.69) is 9.97 Å². The van der Waals surface area contributed by atoms with Crippen molar-refractivity contribution in [3.8, 4) is 0 Å². The van der Waals surface area contributed by atoms with Crippen LogP contribution in [0.25, 0.3) is 11.0 Å². The van der Waals surface area contributed by atoms with Crippen molar-refractivity contribution < 1.29 is 9.90 Å². The molecule has 0 saturated heterocycles. The Morgan fingerprint density at radius 3 is 2.93 bits per heavy atom. The van der Waals surface area contributed by atoms with Crippen LogP contribution in [0.5, 0.6) is 0 Å². The first-order valence-corrected chi connectivity index (χ1v) is 3.89. The number of nitrogens with one attached hydrogen (secondary N) is 1. The summed E-state index contributed by atoms with van der Waals surface area (Å²) in [6, 6.07) is 4.35. The molecule has 0 spiro atoms. The van der Waals surface area contributed by atoms with Gasteiger partial charge in [0, 0.05) is 0 Å². The third-order valence-corrected chi connectivity index (χ3v) is 1.82. The Labute approximate surface area is 78.0 Å². The lowest BCUT2D eigenvalue weighted by atomic mass is 10.2. The van der Waals surface area contributed by atoms with Crippen molar-refractivity contribution in [1.82, 2.24) is 9.97 Å². The summed E-state index contributed by atoms with van der Waals surface area (Å²) in [4.78, 5) is 27.8. The molecule has 0 atom stereocenters. The molecule has 2 aromatic rings. The van der Waals surface area contributed by atoms with Gasteiger partial charge in [0.25, 0.3) is 5.56 Å². The summed E-state index contributed by atoms with van der Waals surface area (Å²) in [6.07, 6.45) is 1.12. The first-order valence-electron chi connectivity index (χ1n) is 3.89. The zero-order chi connectivity index (χ0) is 10.1. The Morgan fingerprint density at radius 1 is 1.43 bits per heavy atom. The molecular formula is C9H6N2O3. The van der Waals surface area contributed by atoms with E-state index in [4.69, 9.17) is 5.11 Å². The van der Waals surface area contributed by atoms with Crippen LogP contribution in [-0.4, -0.2) is 21.0 Å². The molecule has 0 saturated carbocycles. The highest BCUT2D eigenvalue weighted by Crippen LogP contribution is 2.09. The number of aromatic nitrogens is 2. The van der Waals surface area contributed by atoms with Crippen LogP contribution >= 0.6 is 0 Å². The normalized spacial score (nSPS) is 10.3. The second kappa shape index (κ2) is 2.95. The quantitative estimate of drug-likeness (QED) is 0.690. The Morgan fingerprint density at radius 2 is 2.21 bits per heavy atom. The van der Waals surface area contributed by atoms with Gasteiger partial charge in [-0.15, -0.1) is 0 Å². The number of fused-ring (bicyclic) bond motifs is 1. The Hall–Kier alpha value is -2.17. The number of aromatic amines is 1. The SMILES string of the molecule is O=C(O)c1ccc2[nH]c(=O)cnc2c1. The molecule has 0 aliphatic rings. The van der Waals surface area contributed by atoms with Crippen LogP contribution in [0.3, 0.4) is 0 Å². The number of hydrogen-bond donors (Lipinski definition) is 2. The summed E-state index contributed by atoms with van der Waals surface area (Å²) in [5.74, 6) is -1.01. The number of carboxylic acids is 1. The fourth-order valence-electron chi connectivity index (χ4n) is 1.17. The molecule has 70 valence electrons. The molecule has 0 bridgehead atoms. The van der Waals surface area contributed by atoms with E-state index < -0.39 is 5.97 Å². The fourth-order valence-corrected chi connectivity index (χ4v) is 1.17. The predicted molar refractivity (Wildman–Crippen MR) is 49.3 cm³/mol. The van der Waals surface area contributed by atoms with Gasteiger partial charge >= 0.3 is 5.97 Å². The Balaban J connectivity index is 2.73. The lowest BCUT2D eigenvalue weighted by molar-refractivity contribution is 0.0697. The van der Waals surface area contributed by atoms with Crippen LogP contribution in [-0.2, 0) is 0 Å². The average molecular weight is 190 g/mol. The molecule has 0 amide bonds. The third-order valence-electron chi connectivity index (χ3n) is 1.82. The van der Waals surface area contributed by atoms with E-state index in [9.17, 15) is 9.59 Å². The van der Waals surface area contributed by atoms with Crippen LogP contribution in [0.4, 0.5) is 0 Å². The molecule has 0 radical (unpaired) electrons. The lowest BCUT2D eigenvalue weighted by Crippen LogP contribution is -2.05. The van der Waals surface area contributed by atoms with Crippen molar-refractivity contribution in [2.75, 3.05) is 0 Å². The maximum absolute atomic E-state index is 10.9. The van der Waals surface area contributed by atoms with Gasteiger partial charge < -0.3 is 10.1 Å². The molecule has 0 aliphatic heterocycles. The van der Waals surface area contributed by atoms with Crippen molar-refractivity contribution in [1.29, 1.82) is 0 Å². The summed E-state index contributed by atoms with van der Waals surface area (Å²) >= 11 is 0. The van der Waals surface area contributed by atoms with Gasteiger partial charge in [-0.2, -0.15) is 0 Å². The minimum absolute atomic E-state index is 0.150. The summed E-state index contributed by atoms with van der Waals surface area (Å²) < 4.78 is 0. The molecule has 2 N–H and O–H groups in total. The van der Waals surface area contributed by atoms with E-state index in [1.807, 2.05) is 0 Å². The van der Waals surface area contributed by atoms with Crippen molar-refractivity contribution >= 4 is 17.0 Å². The van der Waals surface area contributed by atoms with Crippen LogP contribution in [0.1, 0.15) is 10.4 Å². The second-order valence-corrected chi connectivity index (χ2v) is 2.78. The molecule has 14 heavy (non-hydrogen) atoms. The maximum atomic E-state index is 10.9. The monoisotopic (exact) mass is 190 g/mol. The highest BCUT2D eigenvalue weighted by molar-refractivity contribution is 5.91. The molecule has 0 fully saturated rings. The van der Waals surface area contributed by atoms with Gasteiger partial charge in [-0.1, -0.05) is 0 Å². The summed E-state index contributed by atoms with van der Waals surface area (Å²) in [6.45, 7) is 0. The molecule has 2 rings (SSSR count). The van der Waals surface area contributed by atoms with Gasteiger partial charge in [0.1, 0.15) is 0 Å². The fraction of sp³-hybridized carbons (Fsp3) is 0. The highest BCUT2D eigenvalue weighted by Gasteiger charge is 2.03. The lowest BCUT2D eigenvalue weighted by Gasteiger charge is -1.97. The smallest absolute Gasteiger partial charge is 0.335 e. The number of benzene rings is 1. The summed E-state index contributed by atoms with van der Waals surface area (Å²) in [5, 5.41) is 8.70. The van der Waals surface area contributed by atoms with E-state index in [-0.39, 0.29) is 11.1 Å². The van der Waals surface area contributed by atoms with Gasteiger partial charge in [0.15, 0.2) is 0 Å². The predicted octanol–water partition coefficient (Wildman–Crippen LogP) is 0.621. The van der Waals surface area contributed by atoms with Crippen molar-refractivity contribution in [2.45, 2.75) is 0 Å². The molecule has 0 unspecified atom stereocenters. The third kappa shape index (κ3) is 1.35. The van der Waals surface area contributed by atoms with Crippen LogP contribution in [0, 0.1) is 0 Å². The van der Waals surface area contributed by atoms with Gasteiger partial charge in [-0.05, 0) is 18.2 Å².